The number of pyridine rings is 1. The van der Waals surface area contributed by atoms with Crippen molar-refractivity contribution >= 4 is 23.5 Å². The fourth-order valence-corrected chi connectivity index (χ4v) is 4.28. The van der Waals surface area contributed by atoms with Crippen molar-refractivity contribution in [3.05, 3.63) is 66.0 Å². The Morgan fingerprint density at radius 2 is 1.79 bits per heavy atom. The summed E-state index contributed by atoms with van der Waals surface area (Å²) in [6.45, 7) is -0.232. The highest BCUT2D eigenvalue weighted by molar-refractivity contribution is 6.38. The van der Waals surface area contributed by atoms with E-state index in [9.17, 15) is 28.0 Å². The molecule has 38 heavy (non-hydrogen) atoms. The first-order valence-corrected chi connectivity index (χ1v) is 12.4. The minimum Gasteiger partial charge on any atom is -0.382 e. The van der Waals surface area contributed by atoms with E-state index in [-0.39, 0.29) is 38.8 Å². The third-order valence-electron chi connectivity index (χ3n) is 6.27. The molecule has 1 unspecified atom stereocenters. The van der Waals surface area contributed by atoms with Crippen molar-refractivity contribution in [2.45, 2.75) is 56.7 Å². The number of nitrogens with one attached hydrogen (secondary N) is 3. The molecule has 2 aromatic rings. The Morgan fingerprint density at radius 1 is 1.05 bits per heavy atom. The summed E-state index contributed by atoms with van der Waals surface area (Å²) in [5.74, 6) is -7.11. The van der Waals surface area contributed by atoms with Crippen LogP contribution >= 0.6 is 0 Å². The van der Waals surface area contributed by atoms with E-state index >= 15 is 0 Å². The molecule has 1 aliphatic carbocycles. The van der Waals surface area contributed by atoms with E-state index in [2.05, 4.69) is 20.9 Å². The van der Waals surface area contributed by atoms with Gasteiger partial charge in [0.25, 0.3) is 5.91 Å². The number of ketones is 1. The molecule has 3 atom stereocenters. The standard InChI is InChI=1S/C27H32F2N4O5/c1-38-17-22(33-24(35)19-10-7-12-27(28,29)15-19)25(36)32-21(14-18-8-3-2-4-9-18)23(34)26(37)31-16-20-11-5-6-13-30-20/h2-6,8-9,11,13,19,21-22H,7,10,12,14-17H2,1H3,(H,31,37)(H,32,36)(H,33,35)/t19?,21-,22-/m1/s1. The second kappa shape index (κ2) is 13.7. The summed E-state index contributed by atoms with van der Waals surface area (Å²) >= 11 is 0. The molecule has 1 heterocycles. The molecule has 0 aliphatic heterocycles. The zero-order chi connectivity index (χ0) is 27.5. The van der Waals surface area contributed by atoms with Crippen LogP contribution in [0.1, 0.15) is 36.9 Å². The summed E-state index contributed by atoms with van der Waals surface area (Å²) < 4.78 is 32.7. The van der Waals surface area contributed by atoms with Crippen LogP contribution < -0.4 is 16.0 Å². The van der Waals surface area contributed by atoms with Gasteiger partial charge in [-0.2, -0.15) is 0 Å². The Kier molecular flexibility index (Phi) is 10.4. The van der Waals surface area contributed by atoms with Crippen LogP contribution in [-0.4, -0.2) is 60.2 Å². The third-order valence-corrected chi connectivity index (χ3v) is 6.27. The summed E-state index contributed by atoms with van der Waals surface area (Å²) in [4.78, 5) is 55.7. The Hall–Kier alpha value is -3.73. The highest BCUT2D eigenvalue weighted by atomic mass is 19.3. The molecule has 204 valence electrons. The lowest BCUT2D eigenvalue weighted by Gasteiger charge is -2.29. The maximum absolute atomic E-state index is 13.8. The predicted molar refractivity (Wildman–Crippen MR) is 134 cm³/mol. The van der Waals surface area contributed by atoms with Crippen molar-refractivity contribution in [1.82, 2.24) is 20.9 Å². The molecule has 1 aromatic heterocycles. The van der Waals surface area contributed by atoms with Crippen molar-refractivity contribution in [2.75, 3.05) is 13.7 Å². The van der Waals surface area contributed by atoms with Gasteiger partial charge in [-0.1, -0.05) is 36.4 Å². The molecule has 3 amide bonds. The van der Waals surface area contributed by atoms with Crippen LogP contribution in [0.3, 0.4) is 0 Å². The van der Waals surface area contributed by atoms with Gasteiger partial charge in [-0.05, 0) is 30.5 Å². The topological polar surface area (TPSA) is 126 Å². The van der Waals surface area contributed by atoms with Gasteiger partial charge in [-0.3, -0.25) is 24.2 Å². The summed E-state index contributed by atoms with van der Waals surface area (Å²) in [6.07, 6.45) is 1.20. The van der Waals surface area contributed by atoms with Gasteiger partial charge >= 0.3 is 0 Å². The predicted octanol–water partition coefficient (Wildman–Crippen LogP) is 1.95. The van der Waals surface area contributed by atoms with Crippen LogP contribution in [0, 0.1) is 5.92 Å². The number of nitrogens with zero attached hydrogens (tertiary/aromatic N) is 1. The molecule has 0 bridgehead atoms. The summed E-state index contributed by atoms with van der Waals surface area (Å²) in [6, 6.07) is 11.5. The van der Waals surface area contributed by atoms with Crippen LogP contribution in [-0.2, 0) is 36.9 Å². The number of Topliss-reactive ketones (excluding diaryl/α,β-unsaturated/α-hetero) is 1. The van der Waals surface area contributed by atoms with E-state index < -0.39 is 53.8 Å². The van der Waals surface area contributed by atoms with Gasteiger partial charge in [0.15, 0.2) is 0 Å². The first-order chi connectivity index (χ1) is 18.2. The molecule has 0 radical (unpaired) electrons. The number of benzene rings is 1. The first kappa shape index (κ1) is 28.8. The molecule has 1 fully saturated rings. The Morgan fingerprint density at radius 3 is 2.45 bits per heavy atom. The van der Waals surface area contributed by atoms with Crippen molar-refractivity contribution in [2.24, 2.45) is 5.92 Å². The second-order valence-electron chi connectivity index (χ2n) is 9.28. The Bertz CT molecular complexity index is 1100. The number of alkyl halides is 2. The van der Waals surface area contributed by atoms with Crippen LogP contribution in [0.2, 0.25) is 0 Å². The third kappa shape index (κ3) is 8.69. The minimum absolute atomic E-state index is 0.0188. The fourth-order valence-electron chi connectivity index (χ4n) is 4.28. The lowest BCUT2D eigenvalue weighted by molar-refractivity contribution is -0.141. The van der Waals surface area contributed by atoms with E-state index in [1.165, 1.54) is 7.11 Å². The van der Waals surface area contributed by atoms with Crippen molar-refractivity contribution in [1.29, 1.82) is 0 Å². The number of halogens is 2. The van der Waals surface area contributed by atoms with Gasteiger partial charge in [-0.25, -0.2) is 8.78 Å². The van der Waals surface area contributed by atoms with Gasteiger partial charge in [0.2, 0.25) is 23.5 Å². The number of carbonyl (C=O) groups is 4. The minimum atomic E-state index is -2.94. The zero-order valence-electron chi connectivity index (χ0n) is 21.1. The summed E-state index contributed by atoms with van der Waals surface area (Å²) in [5, 5.41) is 7.53. The van der Waals surface area contributed by atoms with Gasteiger partial charge in [0, 0.05) is 38.5 Å². The summed E-state index contributed by atoms with van der Waals surface area (Å²) in [7, 11) is 1.32. The maximum Gasteiger partial charge on any atom is 0.289 e. The molecule has 0 saturated heterocycles. The Balaban J connectivity index is 1.70. The second-order valence-corrected chi connectivity index (χ2v) is 9.28. The number of carbonyl (C=O) groups excluding carboxylic acids is 4. The highest BCUT2D eigenvalue weighted by Gasteiger charge is 2.40. The van der Waals surface area contributed by atoms with Gasteiger partial charge in [-0.15, -0.1) is 0 Å². The highest BCUT2D eigenvalue weighted by Crippen LogP contribution is 2.36. The monoisotopic (exact) mass is 530 g/mol. The average molecular weight is 531 g/mol. The average Bonchev–Trinajstić information content (AvgIpc) is 2.91. The number of methoxy groups -OCH3 is 1. The SMILES string of the molecule is COC[C@@H](NC(=O)C1CCCC(F)(F)C1)C(=O)N[C@H](Cc1ccccc1)C(=O)C(=O)NCc1ccccn1. The lowest BCUT2D eigenvalue weighted by Crippen LogP contribution is -2.56. The number of rotatable bonds is 12. The number of ether oxygens (including phenoxy) is 1. The van der Waals surface area contributed by atoms with Crippen LogP contribution in [0.5, 0.6) is 0 Å². The molecule has 3 N–H and O–H groups in total. The van der Waals surface area contributed by atoms with Crippen LogP contribution in [0.15, 0.2) is 54.7 Å². The maximum atomic E-state index is 13.8. The molecule has 3 rings (SSSR count). The fraction of sp³-hybridized carbons (Fsp3) is 0.444. The molecule has 0 spiro atoms. The molecular weight excluding hydrogens is 498 g/mol. The van der Waals surface area contributed by atoms with Crippen LogP contribution in [0.4, 0.5) is 8.78 Å². The van der Waals surface area contributed by atoms with E-state index in [1.54, 1.807) is 54.7 Å². The van der Waals surface area contributed by atoms with E-state index in [1.807, 2.05) is 0 Å². The molecule has 9 nitrogen and oxygen atoms in total. The lowest BCUT2D eigenvalue weighted by atomic mass is 9.86. The van der Waals surface area contributed by atoms with Gasteiger partial charge in [0.05, 0.1) is 18.8 Å². The molecule has 1 aliphatic rings. The molecule has 1 aromatic carbocycles. The number of amides is 3. The van der Waals surface area contributed by atoms with Crippen molar-refractivity contribution < 1.29 is 32.7 Å². The molecular formula is C27H32F2N4O5. The van der Waals surface area contributed by atoms with Crippen molar-refractivity contribution in [3.63, 3.8) is 0 Å². The van der Waals surface area contributed by atoms with E-state index in [0.717, 1.165) is 0 Å². The van der Waals surface area contributed by atoms with Gasteiger partial charge < -0.3 is 20.7 Å². The Labute approximate surface area is 219 Å². The zero-order valence-corrected chi connectivity index (χ0v) is 21.1. The van der Waals surface area contributed by atoms with Gasteiger partial charge in [0.1, 0.15) is 12.1 Å². The number of aromatic nitrogens is 1. The largest absolute Gasteiger partial charge is 0.382 e. The normalized spacial score (nSPS) is 18.0. The van der Waals surface area contributed by atoms with E-state index in [4.69, 9.17) is 4.74 Å². The molecule has 1 saturated carbocycles. The number of hydrogen-bond donors (Lipinski definition) is 3. The van der Waals surface area contributed by atoms with Crippen LogP contribution in [0.25, 0.3) is 0 Å². The summed E-state index contributed by atoms with van der Waals surface area (Å²) in [5.41, 5.74) is 1.24. The first-order valence-electron chi connectivity index (χ1n) is 12.4. The quantitative estimate of drug-likeness (QED) is 0.360. The van der Waals surface area contributed by atoms with Crippen molar-refractivity contribution in [3.8, 4) is 0 Å². The molecule has 11 heteroatoms. The number of hydrogen-bond acceptors (Lipinski definition) is 6. The smallest absolute Gasteiger partial charge is 0.289 e. The van der Waals surface area contributed by atoms with E-state index in [0.29, 0.717) is 11.3 Å².